The summed E-state index contributed by atoms with van der Waals surface area (Å²) in [4.78, 5) is 13.7. The van der Waals surface area contributed by atoms with Crippen molar-refractivity contribution in [3.05, 3.63) is 54.1 Å². The van der Waals surface area contributed by atoms with Gasteiger partial charge in [-0.25, -0.2) is 8.42 Å². The molecule has 0 fully saturated rings. The number of likely N-dealkylation sites (N-methyl/N-ethyl adjacent to an activating group) is 1. The Morgan fingerprint density at radius 3 is 2.65 bits per heavy atom. The molecule has 0 unspecified atom stereocenters. The molecule has 7 nitrogen and oxygen atoms in total. The molecule has 0 radical (unpaired) electrons. The van der Waals surface area contributed by atoms with Gasteiger partial charge in [-0.1, -0.05) is 18.2 Å². The number of benzene rings is 2. The number of anilines is 1. The predicted octanol–water partition coefficient (Wildman–Crippen LogP) is 1.60. The van der Waals surface area contributed by atoms with E-state index in [2.05, 4.69) is 0 Å². The Balaban J connectivity index is 2.09. The third-order valence-corrected chi connectivity index (χ3v) is 5.78. The zero-order valence-corrected chi connectivity index (χ0v) is 15.1. The number of amides is 1. The van der Waals surface area contributed by atoms with Crippen LogP contribution in [0.2, 0.25) is 0 Å². The summed E-state index contributed by atoms with van der Waals surface area (Å²) in [6.45, 7) is -0.146. The van der Waals surface area contributed by atoms with Crippen LogP contribution in [0.1, 0.15) is 5.56 Å². The molecular formula is C18H17N3O4S. The van der Waals surface area contributed by atoms with Crippen molar-refractivity contribution in [2.45, 2.75) is 11.0 Å². The summed E-state index contributed by atoms with van der Waals surface area (Å²) in [5.41, 5.74) is 0.603. The Morgan fingerprint density at radius 1 is 1.23 bits per heavy atom. The van der Waals surface area contributed by atoms with Crippen LogP contribution in [-0.2, 0) is 14.8 Å². The lowest BCUT2D eigenvalue weighted by molar-refractivity contribution is -0.135. The average molecular weight is 371 g/mol. The van der Waals surface area contributed by atoms with Crippen LogP contribution in [0.5, 0.6) is 5.75 Å². The van der Waals surface area contributed by atoms with Gasteiger partial charge >= 0.3 is 0 Å². The first kappa shape index (κ1) is 17.8. The fourth-order valence-electron chi connectivity index (χ4n) is 2.70. The van der Waals surface area contributed by atoms with Crippen molar-refractivity contribution in [2.75, 3.05) is 24.9 Å². The zero-order valence-electron chi connectivity index (χ0n) is 14.3. The van der Waals surface area contributed by atoms with Gasteiger partial charge in [0.15, 0.2) is 6.10 Å². The van der Waals surface area contributed by atoms with Crippen molar-refractivity contribution >= 4 is 21.6 Å². The van der Waals surface area contributed by atoms with Crippen LogP contribution < -0.4 is 9.04 Å². The summed E-state index contributed by atoms with van der Waals surface area (Å²) in [5, 5.41) is 9.04. The molecule has 0 spiro atoms. The van der Waals surface area contributed by atoms with Gasteiger partial charge in [-0.2, -0.15) is 5.26 Å². The third kappa shape index (κ3) is 3.09. The molecule has 0 aromatic heterocycles. The van der Waals surface area contributed by atoms with Crippen molar-refractivity contribution in [3.63, 3.8) is 0 Å². The Bertz CT molecular complexity index is 995. The number of hydrogen-bond acceptors (Lipinski definition) is 5. The Kier molecular flexibility index (Phi) is 4.57. The van der Waals surface area contributed by atoms with Crippen molar-refractivity contribution in [1.82, 2.24) is 4.90 Å². The van der Waals surface area contributed by atoms with Crippen molar-refractivity contribution in [1.29, 1.82) is 5.26 Å². The van der Waals surface area contributed by atoms with Crippen molar-refractivity contribution in [2.24, 2.45) is 0 Å². The number of nitriles is 1. The van der Waals surface area contributed by atoms with Crippen molar-refractivity contribution < 1.29 is 17.9 Å². The number of sulfonamides is 1. The molecule has 0 bridgehead atoms. The highest BCUT2D eigenvalue weighted by Crippen LogP contribution is 2.37. The maximum Gasteiger partial charge on any atom is 0.265 e. The van der Waals surface area contributed by atoms with Crippen LogP contribution in [0.25, 0.3) is 0 Å². The predicted molar refractivity (Wildman–Crippen MR) is 95.2 cm³/mol. The molecule has 26 heavy (non-hydrogen) atoms. The van der Waals surface area contributed by atoms with Gasteiger partial charge in [-0.15, -0.1) is 0 Å². The Labute approximate surface area is 152 Å². The molecule has 3 rings (SSSR count). The fourth-order valence-corrected chi connectivity index (χ4v) is 4.22. The first-order valence-electron chi connectivity index (χ1n) is 7.84. The second kappa shape index (κ2) is 6.69. The number of fused-ring (bicyclic) bond motifs is 1. The van der Waals surface area contributed by atoms with E-state index >= 15 is 0 Å². The standard InChI is InChI=1S/C18H17N3O4S/c1-20(2)18(22)17-12-21(15-8-3-4-9-16(15)25-17)26(23,24)14-7-5-6-13(10-14)11-19/h3-10,17H,12H2,1-2H3/t17-/m0/s1. The van der Waals surface area contributed by atoms with Crippen molar-refractivity contribution in [3.8, 4) is 11.8 Å². The molecule has 0 saturated carbocycles. The number of nitrogens with zero attached hydrogens (tertiary/aromatic N) is 3. The van der Waals surface area contributed by atoms with Gasteiger partial charge in [0.2, 0.25) is 0 Å². The SMILES string of the molecule is CN(C)C(=O)[C@@H]1CN(S(=O)(=O)c2cccc(C#N)c2)c2ccccc2O1. The van der Waals surface area contributed by atoms with Gasteiger partial charge in [-0.05, 0) is 30.3 Å². The largest absolute Gasteiger partial charge is 0.476 e. The monoisotopic (exact) mass is 371 g/mol. The van der Waals surface area contributed by atoms with Crippen LogP contribution in [0.4, 0.5) is 5.69 Å². The minimum atomic E-state index is -3.97. The fraction of sp³-hybridized carbons (Fsp3) is 0.222. The third-order valence-electron chi connectivity index (χ3n) is 4.00. The second-order valence-electron chi connectivity index (χ2n) is 5.98. The van der Waals surface area contributed by atoms with E-state index in [1.54, 1.807) is 38.4 Å². The first-order chi connectivity index (χ1) is 12.3. The van der Waals surface area contributed by atoms with Gasteiger partial charge < -0.3 is 9.64 Å². The number of rotatable bonds is 3. The summed E-state index contributed by atoms with van der Waals surface area (Å²) >= 11 is 0. The molecule has 0 saturated heterocycles. The van der Waals surface area contributed by atoms with E-state index in [-0.39, 0.29) is 22.9 Å². The molecule has 1 amide bonds. The highest BCUT2D eigenvalue weighted by Gasteiger charge is 2.38. The van der Waals surface area contributed by atoms with E-state index in [0.29, 0.717) is 11.4 Å². The van der Waals surface area contributed by atoms with Crippen LogP contribution in [0, 0.1) is 11.3 Å². The second-order valence-corrected chi connectivity index (χ2v) is 7.84. The molecule has 1 aliphatic heterocycles. The highest BCUT2D eigenvalue weighted by molar-refractivity contribution is 7.92. The molecule has 2 aromatic rings. The molecule has 1 atom stereocenters. The van der Waals surface area contributed by atoms with E-state index in [4.69, 9.17) is 10.00 Å². The van der Waals surface area contributed by atoms with E-state index < -0.39 is 16.1 Å². The van der Waals surface area contributed by atoms with E-state index in [9.17, 15) is 13.2 Å². The summed E-state index contributed by atoms with van der Waals surface area (Å²) in [6.07, 6.45) is -0.950. The minimum Gasteiger partial charge on any atom is -0.476 e. The van der Waals surface area contributed by atoms with E-state index in [1.807, 2.05) is 6.07 Å². The summed E-state index contributed by atoms with van der Waals surface area (Å²) in [6, 6.07) is 14.4. The number of para-hydroxylation sites is 2. The molecule has 0 aliphatic carbocycles. The maximum absolute atomic E-state index is 13.2. The summed E-state index contributed by atoms with van der Waals surface area (Å²) in [7, 11) is -0.799. The Morgan fingerprint density at radius 2 is 1.96 bits per heavy atom. The lowest BCUT2D eigenvalue weighted by Crippen LogP contribution is -2.50. The maximum atomic E-state index is 13.2. The Hall–Kier alpha value is -3.05. The van der Waals surface area contributed by atoms with Gasteiger partial charge in [0.25, 0.3) is 15.9 Å². The lowest BCUT2D eigenvalue weighted by Gasteiger charge is -2.35. The molecule has 1 heterocycles. The minimum absolute atomic E-state index is 0.00990. The van der Waals surface area contributed by atoms with E-state index in [1.165, 1.54) is 29.2 Å². The van der Waals surface area contributed by atoms with Gasteiger partial charge in [0, 0.05) is 14.1 Å². The zero-order chi connectivity index (χ0) is 18.9. The first-order valence-corrected chi connectivity index (χ1v) is 9.28. The molecule has 134 valence electrons. The molecule has 1 aliphatic rings. The molecule has 8 heteroatoms. The molecule has 0 N–H and O–H groups in total. The van der Waals surface area contributed by atoms with Crippen LogP contribution >= 0.6 is 0 Å². The quantitative estimate of drug-likeness (QED) is 0.817. The molecule has 2 aromatic carbocycles. The summed E-state index contributed by atoms with van der Waals surface area (Å²) in [5.74, 6) is -0.00978. The number of carbonyl (C=O) groups excluding carboxylic acids is 1. The smallest absolute Gasteiger partial charge is 0.265 e. The normalized spacial score (nSPS) is 16.2. The average Bonchev–Trinajstić information content (AvgIpc) is 2.66. The van der Waals surface area contributed by atoms with Crippen LogP contribution in [-0.4, -0.2) is 46.0 Å². The summed E-state index contributed by atoms with van der Waals surface area (Å²) < 4.78 is 33.3. The van der Waals surface area contributed by atoms with Gasteiger partial charge in [-0.3, -0.25) is 9.10 Å². The highest BCUT2D eigenvalue weighted by atomic mass is 32.2. The van der Waals surface area contributed by atoms with Gasteiger partial charge in [0.05, 0.1) is 28.8 Å². The topological polar surface area (TPSA) is 90.7 Å². The molecular weight excluding hydrogens is 354 g/mol. The van der Waals surface area contributed by atoms with Crippen LogP contribution in [0.15, 0.2) is 53.4 Å². The number of carbonyl (C=O) groups is 1. The number of ether oxygens (including phenoxy) is 1. The lowest BCUT2D eigenvalue weighted by atomic mass is 10.2. The van der Waals surface area contributed by atoms with Crippen LogP contribution in [0.3, 0.4) is 0 Å². The van der Waals surface area contributed by atoms with E-state index in [0.717, 1.165) is 4.31 Å². The van der Waals surface area contributed by atoms with Gasteiger partial charge in [0.1, 0.15) is 5.75 Å². The number of hydrogen-bond donors (Lipinski definition) is 0.